The highest BCUT2D eigenvalue weighted by atomic mass is 32.2. The zero-order chi connectivity index (χ0) is 21.6. The Bertz CT molecular complexity index is 1140. The van der Waals surface area contributed by atoms with E-state index in [1.54, 1.807) is 13.0 Å². The lowest BCUT2D eigenvalue weighted by Gasteiger charge is -2.11. The van der Waals surface area contributed by atoms with Crippen molar-refractivity contribution in [3.63, 3.8) is 0 Å². The zero-order valence-corrected chi connectivity index (χ0v) is 16.6. The third-order valence-corrected chi connectivity index (χ3v) is 4.74. The van der Waals surface area contributed by atoms with E-state index in [1.807, 2.05) is 0 Å². The van der Waals surface area contributed by atoms with E-state index in [0.717, 1.165) is 6.07 Å². The Labute approximate surface area is 168 Å². The number of primary sulfonamides is 1. The summed E-state index contributed by atoms with van der Waals surface area (Å²) in [6.45, 7) is 1.82. The number of aryl methyl sites for hydroxylation is 1. The Balaban J connectivity index is 2.37. The fourth-order valence-electron chi connectivity index (χ4n) is 2.52. The smallest absolute Gasteiger partial charge is 0.276 e. The van der Waals surface area contributed by atoms with Crippen LogP contribution in [0.3, 0.4) is 0 Å². The van der Waals surface area contributed by atoms with E-state index in [4.69, 9.17) is 15.1 Å². The number of hydrogen-bond acceptors (Lipinski definition) is 5. The maximum absolute atomic E-state index is 13.5. The van der Waals surface area contributed by atoms with Gasteiger partial charge in [-0.25, -0.2) is 17.9 Å². The summed E-state index contributed by atoms with van der Waals surface area (Å²) in [7, 11) is -2.69. The van der Waals surface area contributed by atoms with Gasteiger partial charge in [-0.2, -0.15) is 5.26 Å². The van der Waals surface area contributed by atoms with Gasteiger partial charge in [-0.1, -0.05) is 0 Å². The SMILES string of the molecule is CC#CCCCOc1c(S(N)(=O)=O)cn(C)c1C(=O)Nc1ccc(F)c(C#N)c1. The number of ether oxygens (including phenoxy) is 1. The van der Waals surface area contributed by atoms with Gasteiger partial charge in [0.2, 0.25) is 10.0 Å². The number of carbonyl (C=O) groups excluding carboxylic acids is 1. The lowest BCUT2D eigenvalue weighted by Crippen LogP contribution is -2.18. The second-order valence-electron chi connectivity index (χ2n) is 5.97. The summed E-state index contributed by atoms with van der Waals surface area (Å²) < 4.78 is 44.1. The summed E-state index contributed by atoms with van der Waals surface area (Å²) in [5.74, 6) is 3.98. The standard InChI is InChI=1S/C19H19FN4O4S/c1-3-4-5-6-9-28-18-16(29(22,26)27)12-24(2)17(18)19(25)23-14-7-8-15(20)13(10-14)11-21/h7-8,10,12H,5-6,9H2,1-2H3,(H,23,25)(H2,22,26,27). The molecule has 152 valence electrons. The van der Waals surface area contributed by atoms with E-state index in [0.29, 0.717) is 12.8 Å². The Kier molecular flexibility index (Phi) is 6.99. The molecule has 0 fully saturated rings. The molecule has 1 aromatic heterocycles. The molecule has 0 aliphatic rings. The highest BCUT2D eigenvalue weighted by molar-refractivity contribution is 7.89. The molecule has 0 unspecified atom stereocenters. The topological polar surface area (TPSA) is 127 Å². The van der Waals surface area contributed by atoms with Gasteiger partial charge in [0, 0.05) is 25.4 Å². The molecular weight excluding hydrogens is 399 g/mol. The van der Waals surface area contributed by atoms with Crippen molar-refractivity contribution in [3.8, 4) is 23.7 Å². The molecular formula is C19H19FN4O4S. The van der Waals surface area contributed by atoms with Crippen LogP contribution in [0.2, 0.25) is 0 Å². The van der Waals surface area contributed by atoms with Gasteiger partial charge in [0.1, 0.15) is 16.8 Å². The van der Waals surface area contributed by atoms with Crippen LogP contribution in [0.1, 0.15) is 35.8 Å². The minimum Gasteiger partial charge on any atom is -0.490 e. The van der Waals surface area contributed by atoms with Crippen LogP contribution in [0.5, 0.6) is 5.75 Å². The Morgan fingerprint density at radius 1 is 1.41 bits per heavy atom. The highest BCUT2D eigenvalue weighted by Crippen LogP contribution is 2.30. The van der Waals surface area contributed by atoms with E-state index in [9.17, 15) is 17.6 Å². The molecule has 2 rings (SSSR count). The van der Waals surface area contributed by atoms with E-state index in [1.165, 1.54) is 29.9 Å². The highest BCUT2D eigenvalue weighted by Gasteiger charge is 2.27. The number of carbonyl (C=O) groups is 1. The molecule has 3 N–H and O–H groups in total. The molecule has 1 heterocycles. The number of halogens is 1. The monoisotopic (exact) mass is 418 g/mol. The van der Waals surface area contributed by atoms with E-state index in [2.05, 4.69) is 17.2 Å². The van der Waals surface area contributed by atoms with Crippen LogP contribution < -0.4 is 15.2 Å². The number of amides is 1. The van der Waals surface area contributed by atoms with Gasteiger partial charge in [0.25, 0.3) is 5.91 Å². The van der Waals surface area contributed by atoms with Crippen LogP contribution in [-0.4, -0.2) is 25.5 Å². The Hall–Kier alpha value is -3.34. The molecule has 29 heavy (non-hydrogen) atoms. The van der Waals surface area contributed by atoms with Crippen molar-refractivity contribution >= 4 is 21.6 Å². The average Bonchev–Trinajstić information content (AvgIpc) is 2.99. The number of sulfonamides is 1. The number of nitriles is 1. The number of unbranched alkanes of at least 4 members (excludes halogenated alkanes) is 1. The van der Waals surface area contributed by atoms with Crippen LogP contribution in [0.4, 0.5) is 10.1 Å². The van der Waals surface area contributed by atoms with E-state index < -0.39 is 21.7 Å². The first-order valence-corrected chi connectivity index (χ1v) is 9.99. The first-order chi connectivity index (χ1) is 13.7. The number of hydrogen-bond donors (Lipinski definition) is 2. The van der Waals surface area contributed by atoms with Crippen LogP contribution >= 0.6 is 0 Å². The number of aromatic nitrogens is 1. The summed E-state index contributed by atoms with van der Waals surface area (Å²) in [5, 5.41) is 16.7. The molecule has 0 aliphatic carbocycles. The van der Waals surface area contributed by atoms with Gasteiger partial charge in [0.15, 0.2) is 11.4 Å². The minimum absolute atomic E-state index is 0.0848. The third-order valence-electron chi connectivity index (χ3n) is 3.84. The lowest BCUT2D eigenvalue weighted by atomic mass is 10.2. The summed E-state index contributed by atoms with van der Waals surface area (Å²) in [5.41, 5.74) is -0.165. The summed E-state index contributed by atoms with van der Waals surface area (Å²) in [6.07, 6.45) is 2.24. The maximum atomic E-state index is 13.5. The predicted octanol–water partition coefficient (Wildman–Crippen LogP) is 2.12. The molecule has 0 saturated carbocycles. The van der Waals surface area contributed by atoms with E-state index in [-0.39, 0.29) is 34.2 Å². The Morgan fingerprint density at radius 3 is 2.76 bits per heavy atom. The maximum Gasteiger partial charge on any atom is 0.276 e. The Morgan fingerprint density at radius 2 is 2.14 bits per heavy atom. The van der Waals surface area contributed by atoms with Gasteiger partial charge in [-0.15, -0.1) is 11.8 Å². The van der Waals surface area contributed by atoms with Crippen LogP contribution in [-0.2, 0) is 17.1 Å². The first-order valence-electron chi connectivity index (χ1n) is 8.44. The van der Waals surface area contributed by atoms with Gasteiger partial charge in [-0.05, 0) is 31.5 Å². The zero-order valence-electron chi connectivity index (χ0n) is 15.8. The van der Waals surface area contributed by atoms with Gasteiger partial charge < -0.3 is 14.6 Å². The molecule has 0 spiro atoms. The van der Waals surface area contributed by atoms with Crippen molar-refractivity contribution in [2.45, 2.75) is 24.7 Å². The van der Waals surface area contributed by atoms with Gasteiger partial charge in [-0.3, -0.25) is 4.79 Å². The molecule has 1 aromatic carbocycles. The van der Waals surface area contributed by atoms with E-state index >= 15 is 0 Å². The molecule has 8 nitrogen and oxygen atoms in total. The third kappa shape index (κ3) is 5.35. The number of nitrogens with one attached hydrogen (secondary N) is 1. The summed E-state index contributed by atoms with van der Waals surface area (Å²) in [4.78, 5) is 12.4. The lowest BCUT2D eigenvalue weighted by molar-refractivity contribution is 0.101. The number of anilines is 1. The predicted molar refractivity (Wildman–Crippen MR) is 104 cm³/mol. The fraction of sp³-hybridized carbons (Fsp3) is 0.263. The van der Waals surface area contributed by atoms with Crippen molar-refractivity contribution in [2.24, 2.45) is 12.2 Å². The number of nitrogens with two attached hydrogens (primary N) is 1. The van der Waals surface area contributed by atoms with Crippen molar-refractivity contribution < 1.29 is 22.3 Å². The molecule has 10 heteroatoms. The molecule has 0 radical (unpaired) electrons. The molecule has 0 aliphatic heterocycles. The number of nitrogens with zero attached hydrogens (tertiary/aromatic N) is 2. The fourth-order valence-corrected chi connectivity index (χ4v) is 3.24. The summed E-state index contributed by atoms with van der Waals surface area (Å²) >= 11 is 0. The largest absolute Gasteiger partial charge is 0.490 e. The van der Waals surface area contributed by atoms with Gasteiger partial charge in [0.05, 0.1) is 12.2 Å². The number of rotatable bonds is 7. The van der Waals surface area contributed by atoms with Crippen LogP contribution in [0, 0.1) is 29.0 Å². The second kappa shape index (κ2) is 9.24. The minimum atomic E-state index is -4.15. The average molecular weight is 418 g/mol. The number of benzene rings is 1. The normalized spacial score (nSPS) is 10.6. The van der Waals surface area contributed by atoms with Crippen LogP contribution in [0.15, 0.2) is 29.3 Å². The first kappa shape index (κ1) is 22.0. The van der Waals surface area contributed by atoms with Crippen molar-refractivity contribution in [1.82, 2.24) is 4.57 Å². The van der Waals surface area contributed by atoms with Crippen molar-refractivity contribution in [2.75, 3.05) is 11.9 Å². The molecule has 2 aromatic rings. The molecule has 0 saturated heterocycles. The van der Waals surface area contributed by atoms with Crippen molar-refractivity contribution in [1.29, 1.82) is 5.26 Å². The van der Waals surface area contributed by atoms with Crippen molar-refractivity contribution in [3.05, 3.63) is 41.5 Å². The second-order valence-corrected chi connectivity index (χ2v) is 7.50. The molecule has 0 bridgehead atoms. The quantitative estimate of drug-likeness (QED) is 0.526. The van der Waals surface area contributed by atoms with Gasteiger partial charge >= 0.3 is 0 Å². The van der Waals surface area contributed by atoms with Crippen LogP contribution in [0.25, 0.3) is 0 Å². The summed E-state index contributed by atoms with van der Waals surface area (Å²) in [6, 6.07) is 5.17. The molecule has 0 atom stereocenters. The molecule has 1 amide bonds.